The predicted octanol–water partition coefficient (Wildman–Crippen LogP) is 4.26. The molecule has 1 saturated heterocycles. The lowest BCUT2D eigenvalue weighted by Crippen LogP contribution is -2.54. The van der Waals surface area contributed by atoms with E-state index in [2.05, 4.69) is 5.32 Å². The number of amides is 4. The Labute approximate surface area is 200 Å². The Morgan fingerprint density at radius 2 is 1.60 bits per heavy atom. The van der Waals surface area contributed by atoms with Crippen molar-refractivity contribution in [3.05, 3.63) is 106 Å². The number of carbonyl (C=O) groups excluding carboxylic acids is 4. The highest BCUT2D eigenvalue weighted by Gasteiger charge is 2.37. The third-order valence-electron chi connectivity index (χ3n) is 5.43. The van der Waals surface area contributed by atoms with E-state index in [-0.39, 0.29) is 35.7 Å². The molecule has 0 saturated carbocycles. The van der Waals surface area contributed by atoms with Crippen LogP contribution in [0.5, 0.6) is 0 Å². The first-order valence-corrected chi connectivity index (χ1v) is 10.9. The van der Waals surface area contributed by atoms with Gasteiger partial charge in [0.2, 0.25) is 0 Å². The highest BCUT2D eigenvalue weighted by molar-refractivity contribution is 6.39. The minimum Gasteiger partial charge on any atom is -0.462 e. The van der Waals surface area contributed by atoms with Gasteiger partial charge < -0.3 is 4.74 Å². The summed E-state index contributed by atoms with van der Waals surface area (Å²) in [5, 5.41) is 2.17. The zero-order valence-electron chi connectivity index (χ0n) is 18.8. The van der Waals surface area contributed by atoms with E-state index in [1.54, 1.807) is 49.4 Å². The monoisotopic (exact) mass is 472 g/mol. The predicted molar refractivity (Wildman–Crippen MR) is 127 cm³/mol. The number of urea groups is 1. The second kappa shape index (κ2) is 10.1. The maximum absolute atomic E-state index is 14.2. The van der Waals surface area contributed by atoms with E-state index in [9.17, 15) is 23.6 Å². The number of hydrogen-bond donors (Lipinski definition) is 1. The number of nitrogens with one attached hydrogen (secondary N) is 1. The Morgan fingerprint density at radius 1 is 0.943 bits per heavy atom. The molecule has 4 amide bonds. The summed E-state index contributed by atoms with van der Waals surface area (Å²) in [6, 6.07) is 18.2. The lowest BCUT2D eigenvalue weighted by atomic mass is 9.97. The number of nitrogens with zero attached hydrogens (tertiary/aromatic N) is 1. The summed E-state index contributed by atoms with van der Waals surface area (Å²) in [6.07, 6.45) is 1.64. The maximum Gasteiger partial charge on any atom is 0.338 e. The van der Waals surface area contributed by atoms with Crippen molar-refractivity contribution < 1.29 is 28.3 Å². The van der Waals surface area contributed by atoms with Crippen LogP contribution in [-0.2, 0) is 20.7 Å². The largest absolute Gasteiger partial charge is 0.462 e. The van der Waals surface area contributed by atoms with E-state index in [0.29, 0.717) is 16.7 Å². The van der Waals surface area contributed by atoms with Gasteiger partial charge in [-0.2, -0.15) is 0 Å². The van der Waals surface area contributed by atoms with Gasteiger partial charge in [-0.1, -0.05) is 42.5 Å². The average molecular weight is 472 g/mol. The Bertz CT molecular complexity index is 1350. The smallest absolute Gasteiger partial charge is 0.338 e. The molecule has 35 heavy (non-hydrogen) atoms. The van der Waals surface area contributed by atoms with Crippen LogP contribution in [0.3, 0.4) is 0 Å². The van der Waals surface area contributed by atoms with Crippen molar-refractivity contribution in [2.24, 2.45) is 0 Å². The van der Waals surface area contributed by atoms with Gasteiger partial charge in [0.05, 0.1) is 17.9 Å². The van der Waals surface area contributed by atoms with Crippen LogP contribution >= 0.6 is 0 Å². The standard InChI is InChI=1S/C27H21FN2O5/c1-2-35-26(33)17-11-13-21(14-12-17)30-25(32)22(24(31)29-27(30)34)16-19-8-4-3-7-18(19)15-20-9-5-6-10-23(20)28/h3-14,16H,2,15H2,1H3,(H,29,31,34)/b22-16+. The number of carbonyl (C=O) groups is 4. The summed E-state index contributed by atoms with van der Waals surface area (Å²) in [5.74, 6) is -2.54. The average Bonchev–Trinajstić information content (AvgIpc) is 2.84. The Balaban J connectivity index is 1.66. The van der Waals surface area contributed by atoms with E-state index < -0.39 is 23.8 Å². The van der Waals surface area contributed by atoms with E-state index in [1.807, 2.05) is 0 Å². The normalized spacial score (nSPS) is 14.7. The first kappa shape index (κ1) is 23.6. The van der Waals surface area contributed by atoms with Crippen LogP contribution in [-0.4, -0.2) is 30.4 Å². The second-order valence-corrected chi connectivity index (χ2v) is 7.69. The fourth-order valence-electron chi connectivity index (χ4n) is 3.69. The summed E-state index contributed by atoms with van der Waals surface area (Å²) in [4.78, 5) is 51.0. The Morgan fingerprint density at radius 3 is 2.29 bits per heavy atom. The number of imide groups is 2. The molecule has 1 N–H and O–H groups in total. The number of hydrogen-bond acceptors (Lipinski definition) is 5. The maximum atomic E-state index is 14.2. The molecule has 0 aromatic heterocycles. The molecule has 7 nitrogen and oxygen atoms in total. The third-order valence-corrected chi connectivity index (χ3v) is 5.43. The summed E-state index contributed by atoms with van der Waals surface area (Å²) < 4.78 is 19.1. The van der Waals surface area contributed by atoms with Crippen LogP contribution in [0.4, 0.5) is 14.9 Å². The lowest BCUT2D eigenvalue weighted by Gasteiger charge is -2.26. The minimum atomic E-state index is -0.902. The molecule has 1 aliphatic heterocycles. The molecule has 0 spiro atoms. The molecule has 0 unspecified atom stereocenters. The fourth-order valence-corrected chi connectivity index (χ4v) is 3.69. The Hall–Kier alpha value is -4.59. The van der Waals surface area contributed by atoms with Crippen molar-refractivity contribution in [1.82, 2.24) is 5.32 Å². The molecule has 3 aromatic rings. The van der Waals surface area contributed by atoms with Crippen molar-refractivity contribution in [3.8, 4) is 0 Å². The number of rotatable bonds is 6. The van der Waals surface area contributed by atoms with Gasteiger partial charge in [-0.15, -0.1) is 0 Å². The molecular formula is C27H21FN2O5. The fraction of sp³-hybridized carbons (Fsp3) is 0.111. The summed E-state index contributed by atoms with van der Waals surface area (Å²) in [6.45, 7) is 1.89. The van der Waals surface area contributed by atoms with Crippen molar-refractivity contribution in [3.63, 3.8) is 0 Å². The zero-order chi connectivity index (χ0) is 24.9. The van der Waals surface area contributed by atoms with Gasteiger partial charge in [-0.05, 0) is 60.0 Å². The van der Waals surface area contributed by atoms with E-state index >= 15 is 0 Å². The van der Waals surface area contributed by atoms with Crippen molar-refractivity contribution in [2.75, 3.05) is 11.5 Å². The zero-order valence-corrected chi connectivity index (χ0v) is 18.8. The first-order valence-electron chi connectivity index (χ1n) is 10.9. The van der Waals surface area contributed by atoms with Gasteiger partial charge in [0, 0.05) is 6.42 Å². The van der Waals surface area contributed by atoms with Crippen molar-refractivity contribution in [2.45, 2.75) is 13.3 Å². The van der Waals surface area contributed by atoms with Gasteiger partial charge in [0.1, 0.15) is 11.4 Å². The molecule has 1 heterocycles. The van der Waals surface area contributed by atoms with Gasteiger partial charge in [-0.25, -0.2) is 18.9 Å². The highest BCUT2D eigenvalue weighted by Crippen LogP contribution is 2.24. The third kappa shape index (κ3) is 5.01. The highest BCUT2D eigenvalue weighted by atomic mass is 19.1. The van der Waals surface area contributed by atoms with Crippen molar-refractivity contribution in [1.29, 1.82) is 0 Å². The number of anilines is 1. The van der Waals surface area contributed by atoms with Gasteiger partial charge in [0.25, 0.3) is 11.8 Å². The minimum absolute atomic E-state index is 0.179. The topological polar surface area (TPSA) is 92.8 Å². The molecule has 0 radical (unpaired) electrons. The van der Waals surface area contributed by atoms with Crippen LogP contribution in [0.15, 0.2) is 78.4 Å². The van der Waals surface area contributed by atoms with E-state index in [0.717, 1.165) is 4.90 Å². The number of halogens is 1. The molecule has 3 aromatic carbocycles. The molecule has 0 aliphatic carbocycles. The van der Waals surface area contributed by atoms with Crippen LogP contribution in [0.25, 0.3) is 6.08 Å². The van der Waals surface area contributed by atoms with E-state index in [1.165, 1.54) is 36.4 Å². The van der Waals surface area contributed by atoms with Gasteiger partial charge in [-0.3, -0.25) is 14.9 Å². The molecule has 1 fully saturated rings. The van der Waals surface area contributed by atoms with E-state index in [4.69, 9.17) is 4.74 Å². The number of ether oxygens (including phenoxy) is 1. The molecule has 176 valence electrons. The van der Waals surface area contributed by atoms with Crippen molar-refractivity contribution >= 4 is 35.6 Å². The number of benzene rings is 3. The van der Waals surface area contributed by atoms with Crippen LogP contribution in [0, 0.1) is 5.82 Å². The van der Waals surface area contributed by atoms with Gasteiger partial charge >= 0.3 is 12.0 Å². The van der Waals surface area contributed by atoms with Crippen LogP contribution in [0.1, 0.15) is 34.0 Å². The Kier molecular flexibility index (Phi) is 6.82. The molecular weight excluding hydrogens is 451 g/mol. The second-order valence-electron chi connectivity index (χ2n) is 7.69. The van der Waals surface area contributed by atoms with Crippen LogP contribution < -0.4 is 10.2 Å². The lowest BCUT2D eigenvalue weighted by molar-refractivity contribution is -0.122. The molecule has 0 bridgehead atoms. The molecule has 4 rings (SSSR count). The van der Waals surface area contributed by atoms with Gasteiger partial charge in [0.15, 0.2) is 0 Å². The summed E-state index contributed by atoms with van der Waals surface area (Å²) >= 11 is 0. The molecule has 0 atom stereocenters. The SMILES string of the molecule is CCOC(=O)c1ccc(N2C(=O)NC(=O)/C(=C\c3ccccc3Cc3ccccc3F)C2=O)cc1. The molecule has 8 heteroatoms. The number of esters is 1. The summed E-state index contributed by atoms with van der Waals surface area (Å²) in [7, 11) is 0. The number of barbiturate groups is 1. The van der Waals surface area contributed by atoms with Crippen LogP contribution in [0.2, 0.25) is 0 Å². The quantitative estimate of drug-likeness (QED) is 0.329. The summed E-state index contributed by atoms with van der Waals surface area (Å²) in [5.41, 5.74) is 1.90. The molecule has 1 aliphatic rings. The first-order chi connectivity index (χ1) is 16.9.